The second-order valence-electron chi connectivity index (χ2n) is 4.07. The van der Waals surface area contributed by atoms with Gasteiger partial charge in [-0.1, -0.05) is 30.3 Å². The van der Waals surface area contributed by atoms with Crippen LogP contribution in [-0.4, -0.2) is 30.2 Å². The molecular weight excluding hydrogens is 218 g/mol. The smallest absolute Gasteiger partial charge is 0.274 e. The molecule has 4 heteroatoms. The van der Waals surface area contributed by atoms with Crippen molar-refractivity contribution in [1.29, 1.82) is 0 Å². The number of carbonyl (C=O) groups is 1. The molecule has 4 nitrogen and oxygen atoms in total. The highest BCUT2D eigenvalue weighted by Gasteiger charge is 2.24. The lowest BCUT2D eigenvalue weighted by Gasteiger charge is -2.19. The second kappa shape index (κ2) is 5.80. The molecule has 1 aliphatic rings. The highest BCUT2D eigenvalue weighted by atomic mass is 16.7. The molecular formula is C13H17NO3. The number of hydroxylamine groups is 2. The van der Waals surface area contributed by atoms with Crippen molar-refractivity contribution in [3.63, 3.8) is 0 Å². The number of carbonyl (C=O) groups excluding carboxylic acids is 1. The van der Waals surface area contributed by atoms with E-state index < -0.39 is 6.10 Å². The minimum Gasteiger partial charge on any atom is -0.364 e. The van der Waals surface area contributed by atoms with Gasteiger partial charge in [-0.3, -0.25) is 9.63 Å². The largest absolute Gasteiger partial charge is 0.364 e. The summed E-state index contributed by atoms with van der Waals surface area (Å²) in [6.07, 6.45) is 0.435. The molecule has 1 amide bonds. The molecule has 1 fully saturated rings. The third-order valence-corrected chi connectivity index (χ3v) is 2.69. The Morgan fingerprint density at radius 2 is 2.24 bits per heavy atom. The van der Waals surface area contributed by atoms with Gasteiger partial charge in [-0.15, -0.1) is 0 Å². The second-order valence-corrected chi connectivity index (χ2v) is 4.07. The number of hydrogen-bond acceptors (Lipinski definition) is 3. The standard InChI is InChI=1S/C13H17NO3/c1-11(13(15)14-8-5-9-17-14)16-10-12-6-3-2-4-7-12/h2-4,6-7,11H,5,8-10H2,1H3. The van der Waals surface area contributed by atoms with Gasteiger partial charge in [0.05, 0.1) is 19.8 Å². The van der Waals surface area contributed by atoms with E-state index in [2.05, 4.69) is 0 Å². The minimum absolute atomic E-state index is 0.0987. The van der Waals surface area contributed by atoms with Crippen LogP contribution in [0.1, 0.15) is 18.9 Å². The topological polar surface area (TPSA) is 38.8 Å². The molecule has 1 atom stereocenters. The summed E-state index contributed by atoms with van der Waals surface area (Å²) >= 11 is 0. The van der Waals surface area contributed by atoms with Crippen LogP contribution in [0.4, 0.5) is 0 Å². The van der Waals surface area contributed by atoms with Crippen LogP contribution in [0.2, 0.25) is 0 Å². The Morgan fingerprint density at radius 1 is 1.47 bits per heavy atom. The Balaban J connectivity index is 1.80. The summed E-state index contributed by atoms with van der Waals surface area (Å²) < 4.78 is 5.53. The third kappa shape index (κ3) is 3.28. The van der Waals surface area contributed by atoms with Gasteiger partial charge in [-0.2, -0.15) is 0 Å². The lowest BCUT2D eigenvalue weighted by Crippen LogP contribution is -2.36. The van der Waals surface area contributed by atoms with E-state index in [4.69, 9.17) is 9.57 Å². The molecule has 0 bridgehead atoms. The molecule has 1 heterocycles. The molecule has 1 unspecified atom stereocenters. The highest BCUT2D eigenvalue weighted by molar-refractivity contribution is 5.79. The Morgan fingerprint density at radius 3 is 2.88 bits per heavy atom. The van der Waals surface area contributed by atoms with Crippen molar-refractivity contribution in [3.8, 4) is 0 Å². The molecule has 1 aromatic carbocycles. The molecule has 0 radical (unpaired) electrons. The number of hydrogen-bond donors (Lipinski definition) is 0. The Bertz CT molecular complexity index is 360. The summed E-state index contributed by atoms with van der Waals surface area (Å²) in [5.74, 6) is -0.0987. The van der Waals surface area contributed by atoms with Gasteiger partial charge >= 0.3 is 0 Å². The zero-order chi connectivity index (χ0) is 12.1. The average molecular weight is 235 g/mol. The first-order valence-corrected chi connectivity index (χ1v) is 5.87. The number of nitrogens with zero attached hydrogens (tertiary/aromatic N) is 1. The van der Waals surface area contributed by atoms with Crippen LogP contribution in [-0.2, 0) is 21.0 Å². The van der Waals surface area contributed by atoms with Crippen molar-refractivity contribution >= 4 is 5.91 Å². The summed E-state index contributed by atoms with van der Waals surface area (Å²) in [5.41, 5.74) is 1.06. The molecule has 1 aromatic rings. The van der Waals surface area contributed by atoms with E-state index in [1.165, 1.54) is 5.06 Å². The van der Waals surface area contributed by atoms with Gasteiger partial charge < -0.3 is 4.74 Å². The predicted molar refractivity (Wildman–Crippen MR) is 63.0 cm³/mol. The van der Waals surface area contributed by atoms with Crippen LogP contribution in [0.3, 0.4) is 0 Å². The molecule has 0 spiro atoms. The zero-order valence-corrected chi connectivity index (χ0v) is 9.96. The zero-order valence-electron chi connectivity index (χ0n) is 9.96. The third-order valence-electron chi connectivity index (χ3n) is 2.69. The van der Waals surface area contributed by atoms with Gasteiger partial charge in [-0.25, -0.2) is 5.06 Å². The summed E-state index contributed by atoms with van der Waals surface area (Å²) in [5, 5.41) is 1.40. The molecule has 1 saturated heterocycles. The van der Waals surface area contributed by atoms with Gasteiger partial charge in [0, 0.05) is 0 Å². The fraction of sp³-hybridized carbons (Fsp3) is 0.462. The van der Waals surface area contributed by atoms with Crippen LogP contribution in [0.5, 0.6) is 0 Å². The van der Waals surface area contributed by atoms with E-state index in [0.717, 1.165) is 12.0 Å². The summed E-state index contributed by atoms with van der Waals surface area (Å²) in [4.78, 5) is 17.0. The molecule has 92 valence electrons. The van der Waals surface area contributed by atoms with Crippen molar-refractivity contribution < 1.29 is 14.4 Å². The molecule has 17 heavy (non-hydrogen) atoms. The fourth-order valence-corrected chi connectivity index (χ4v) is 1.69. The van der Waals surface area contributed by atoms with Crippen molar-refractivity contribution in [2.75, 3.05) is 13.2 Å². The molecule has 0 saturated carbocycles. The van der Waals surface area contributed by atoms with Crippen molar-refractivity contribution in [2.24, 2.45) is 0 Å². The number of rotatable bonds is 4. The van der Waals surface area contributed by atoms with E-state index in [-0.39, 0.29) is 5.91 Å². The lowest BCUT2D eigenvalue weighted by molar-refractivity contribution is -0.180. The average Bonchev–Trinajstić information content (AvgIpc) is 2.90. The molecule has 2 rings (SSSR count). The Kier molecular flexibility index (Phi) is 4.12. The van der Waals surface area contributed by atoms with Crippen molar-refractivity contribution in [3.05, 3.63) is 35.9 Å². The van der Waals surface area contributed by atoms with E-state index in [1.54, 1.807) is 6.92 Å². The van der Waals surface area contributed by atoms with Crippen LogP contribution in [0.15, 0.2) is 30.3 Å². The summed E-state index contributed by atoms with van der Waals surface area (Å²) in [7, 11) is 0. The van der Waals surface area contributed by atoms with Crippen LogP contribution < -0.4 is 0 Å². The SMILES string of the molecule is CC(OCc1ccccc1)C(=O)N1CCCO1. The van der Waals surface area contributed by atoms with Crippen LogP contribution in [0, 0.1) is 0 Å². The summed E-state index contributed by atoms with van der Waals surface area (Å²) in [6.45, 7) is 3.49. The number of amides is 1. The van der Waals surface area contributed by atoms with E-state index in [9.17, 15) is 4.79 Å². The van der Waals surface area contributed by atoms with Crippen molar-refractivity contribution in [2.45, 2.75) is 26.1 Å². The Hall–Kier alpha value is -1.39. The first-order chi connectivity index (χ1) is 8.27. The summed E-state index contributed by atoms with van der Waals surface area (Å²) in [6, 6.07) is 9.81. The predicted octanol–water partition coefficient (Wildman–Crippen LogP) is 1.76. The number of ether oxygens (including phenoxy) is 1. The van der Waals surface area contributed by atoms with Gasteiger partial charge in [0.2, 0.25) is 0 Å². The Labute approximate surface area is 101 Å². The maximum atomic E-state index is 11.8. The quantitative estimate of drug-likeness (QED) is 0.798. The van der Waals surface area contributed by atoms with Crippen LogP contribution in [0.25, 0.3) is 0 Å². The van der Waals surface area contributed by atoms with E-state index in [1.807, 2.05) is 30.3 Å². The lowest BCUT2D eigenvalue weighted by atomic mass is 10.2. The molecule has 0 aromatic heterocycles. The highest BCUT2D eigenvalue weighted by Crippen LogP contribution is 2.10. The van der Waals surface area contributed by atoms with E-state index in [0.29, 0.717) is 19.8 Å². The normalized spacial score (nSPS) is 17.1. The van der Waals surface area contributed by atoms with Gasteiger partial charge in [0.15, 0.2) is 0 Å². The monoisotopic (exact) mass is 235 g/mol. The van der Waals surface area contributed by atoms with Gasteiger partial charge in [-0.05, 0) is 18.9 Å². The molecule has 0 aliphatic carbocycles. The maximum Gasteiger partial charge on any atom is 0.274 e. The van der Waals surface area contributed by atoms with Gasteiger partial charge in [0.25, 0.3) is 5.91 Å². The van der Waals surface area contributed by atoms with E-state index >= 15 is 0 Å². The minimum atomic E-state index is -0.465. The van der Waals surface area contributed by atoms with Gasteiger partial charge in [0.1, 0.15) is 6.10 Å². The number of benzene rings is 1. The first kappa shape index (κ1) is 12.1. The molecule has 0 N–H and O–H groups in total. The van der Waals surface area contributed by atoms with Crippen LogP contribution >= 0.6 is 0 Å². The fourth-order valence-electron chi connectivity index (χ4n) is 1.69. The van der Waals surface area contributed by atoms with Crippen molar-refractivity contribution in [1.82, 2.24) is 5.06 Å². The maximum absolute atomic E-state index is 11.8. The first-order valence-electron chi connectivity index (χ1n) is 5.87. The molecule has 1 aliphatic heterocycles.